The zero-order valence-corrected chi connectivity index (χ0v) is 14.6. The first-order valence-corrected chi connectivity index (χ1v) is 8.97. The number of hydrogen-bond donors (Lipinski definition) is 2. The molecular formula is C20H25N3O2. The van der Waals surface area contributed by atoms with Gasteiger partial charge in [0, 0.05) is 11.7 Å². The number of pyridine rings is 1. The first-order chi connectivity index (χ1) is 12.2. The van der Waals surface area contributed by atoms with E-state index in [0.29, 0.717) is 24.1 Å². The van der Waals surface area contributed by atoms with Crippen molar-refractivity contribution in [2.45, 2.75) is 38.6 Å². The molecule has 1 aromatic heterocycles. The fraction of sp³-hybridized carbons (Fsp3) is 0.400. The van der Waals surface area contributed by atoms with Gasteiger partial charge in [0.1, 0.15) is 11.4 Å². The first kappa shape index (κ1) is 17.4. The number of aryl methyl sites for hydroxylation is 1. The first-order valence-electron chi connectivity index (χ1n) is 8.97. The molecule has 3 rings (SSSR count). The molecule has 0 spiro atoms. The Hall–Kier alpha value is -2.40. The summed E-state index contributed by atoms with van der Waals surface area (Å²) in [6.45, 7) is 3.64. The summed E-state index contributed by atoms with van der Waals surface area (Å²) in [6, 6.07) is 12.1. The summed E-state index contributed by atoms with van der Waals surface area (Å²) in [5.74, 6) is 0.450. The van der Waals surface area contributed by atoms with E-state index in [1.807, 2.05) is 19.1 Å². The van der Waals surface area contributed by atoms with Gasteiger partial charge in [-0.1, -0.05) is 12.1 Å². The van der Waals surface area contributed by atoms with E-state index in [1.54, 1.807) is 18.3 Å². The zero-order chi connectivity index (χ0) is 17.5. The van der Waals surface area contributed by atoms with E-state index in [4.69, 9.17) is 4.74 Å². The van der Waals surface area contributed by atoms with Crippen LogP contribution in [0.2, 0.25) is 0 Å². The van der Waals surface area contributed by atoms with Crippen molar-refractivity contribution < 1.29 is 9.53 Å². The molecule has 1 fully saturated rings. The standard InChI is InChI=1S/C20H25N3O2/c1-2-25-18-11-12-19(22-14-18)20(24)23-17-9-6-15(7-10-17)5-8-16-4-3-13-21-16/h6-7,9-12,14,16,21H,2-5,8,13H2,1H3,(H,23,24)/t16-/m0/s1. The highest BCUT2D eigenvalue weighted by Crippen LogP contribution is 2.16. The number of nitrogens with one attached hydrogen (secondary N) is 2. The number of benzene rings is 1. The zero-order valence-electron chi connectivity index (χ0n) is 14.6. The maximum Gasteiger partial charge on any atom is 0.274 e. The second-order valence-electron chi connectivity index (χ2n) is 6.30. The summed E-state index contributed by atoms with van der Waals surface area (Å²) in [4.78, 5) is 16.4. The molecule has 0 bridgehead atoms. The number of amides is 1. The molecule has 2 aromatic rings. The van der Waals surface area contributed by atoms with Crippen LogP contribution in [-0.2, 0) is 6.42 Å². The van der Waals surface area contributed by atoms with Gasteiger partial charge in [0.25, 0.3) is 5.91 Å². The number of hydrogen-bond acceptors (Lipinski definition) is 4. The molecule has 0 unspecified atom stereocenters. The third-order valence-electron chi connectivity index (χ3n) is 4.44. The lowest BCUT2D eigenvalue weighted by Crippen LogP contribution is -2.21. The van der Waals surface area contributed by atoms with Gasteiger partial charge in [0.2, 0.25) is 0 Å². The van der Waals surface area contributed by atoms with Gasteiger partial charge in [-0.2, -0.15) is 0 Å². The van der Waals surface area contributed by atoms with Crippen molar-refractivity contribution in [3.63, 3.8) is 0 Å². The second kappa shape index (κ2) is 8.62. The van der Waals surface area contributed by atoms with Gasteiger partial charge in [-0.05, 0) is 69.0 Å². The number of carbonyl (C=O) groups excluding carboxylic acids is 1. The van der Waals surface area contributed by atoms with E-state index in [1.165, 1.54) is 24.8 Å². The van der Waals surface area contributed by atoms with Crippen LogP contribution in [0.15, 0.2) is 42.6 Å². The Morgan fingerprint density at radius 3 is 2.76 bits per heavy atom. The Bertz CT molecular complexity index is 677. The van der Waals surface area contributed by atoms with Gasteiger partial charge in [-0.3, -0.25) is 4.79 Å². The molecule has 132 valence electrons. The summed E-state index contributed by atoms with van der Waals surface area (Å²) in [5, 5.41) is 6.40. The van der Waals surface area contributed by atoms with Crippen LogP contribution in [-0.4, -0.2) is 30.1 Å². The van der Waals surface area contributed by atoms with Crippen molar-refractivity contribution in [2.75, 3.05) is 18.5 Å². The van der Waals surface area contributed by atoms with Gasteiger partial charge in [-0.25, -0.2) is 4.98 Å². The van der Waals surface area contributed by atoms with Gasteiger partial charge in [-0.15, -0.1) is 0 Å². The summed E-state index contributed by atoms with van der Waals surface area (Å²) >= 11 is 0. The lowest BCUT2D eigenvalue weighted by Gasteiger charge is -2.10. The van der Waals surface area contributed by atoms with E-state index in [9.17, 15) is 4.79 Å². The maximum atomic E-state index is 12.2. The summed E-state index contributed by atoms with van der Waals surface area (Å²) in [5.41, 5.74) is 2.45. The van der Waals surface area contributed by atoms with Crippen molar-refractivity contribution in [3.05, 3.63) is 53.9 Å². The van der Waals surface area contributed by atoms with E-state index in [2.05, 4.69) is 27.8 Å². The molecule has 25 heavy (non-hydrogen) atoms. The lowest BCUT2D eigenvalue weighted by atomic mass is 10.0. The highest BCUT2D eigenvalue weighted by atomic mass is 16.5. The number of aromatic nitrogens is 1. The second-order valence-corrected chi connectivity index (χ2v) is 6.30. The van der Waals surface area contributed by atoms with Crippen LogP contribution < -0.4 is 15.4 Å². The predicted molar refractivity (Wildman–Crippen MR) is 99.1 cm³/mol. The Labute approximate surface area is 148 Å². The Balaban J connectivity index is 1.52. The van der Waals surface area contributed by atoms with Crippen molar-refractivity contribution in [2.24, 2.45) is 0 Å². The molecule has 0 aliphatic carbocycles. The minimum absolute atomic E-state index is 0.217. The molecule has 1 amide bonds. The number of nitrogens with zero attached hydrogens (tertiary/aromatic N) is 1. The molecule has 2 N–H and O–H groups in total. The average Bonchev–Trinajstić information content (AvgIpc) is 3.15. The Morgan fingerprint density at radius 1 is 1.28 bits per heavy atom. The number of ether oxygens (including phenoxy) is 1. The number of rotatable bonds is 7. The van der Waals surface area contributed by atoms with Crippen molar-refractivity contribution in [3.8, 4) is 5.75 Å². The van der Waals surface area contributed by atoms with E-state index in [-0.39, 0.29) is 5.91 Å². The molecule has 1 aliphatic rings. The van der Waals surface area contributed by atoms with Crippen LogP contribution in [0.5, 0.6) is 5.75 Å². The molecule has 1 aliphatic heterocycles. The van der Waals surface area contributed by atoms with Gasteiger partial charge >= 0.3 is 0 Å². The SMILES string of the molecule is CCOc1ccc(C(=O)Nc2ccc(CC[C@@H]3CCCN3)cc2)nc1. The molecule has 5 nitrogen and oxygen atoms in total. The molecular weight excluding hydrogens is 314 g/mol. The van der Waals surface area contributed by atoms with Crippen LogP contribution in [0.3, 0.4) is 0 Å². The van der Waals surface area contributed by atoms with Crippen LogP contribution in [0.25, 0.3) is 0 Å². The summed E-state index contributed by atoms with van der Waals surface area (Å²) < 4.78 is 5.33. The molecule has 0 radical (unpaired) electrons. The molecule has 0 saturated carbocycles. The Kier molecular flexibility index (Phi) is 6.01. The average molecular weight is 339 g/mol. The normalized spacial score (nSPS) is 16.6. The molecule has 1 aromatic carbocycles. The van der Waals surface area contributed by atoms with Crippen LogP contribution >= 0.6 is 0 Å². The lowest BCUT2D eigenvalue weighted by molar-refractivity contribution is 0.102. The smallest absolute Gasteiger partial charge is 0.274 e. The third kappa shape index (κ3) is 5.03. The fourth-order valence-electron chi connectivity index (χ4n) is 3.06. The van der Waals surface area contributed by atoms with Crippen LogP contribution in [0.1, 0.15) is 42.2 Å². The highest BCUT2D eigenvalue weighted by molar-refractivity contribution is 6.02. The number of carbonyl (C=O) groups is 1. The minimum Gasteiger partial charge on any atom is -0.492 e. The fourth-order valence-corrected chi connectivity index (χ4v) is 3.06. The molecule has 1 saturated heterocycles. The van der Waals surface area contributed by atoms with Crippen LogP contribution in [0.4, 0.5) is 5.69 Å². The van der Waals surface area contributed by atoms with Gasteiger partial charge in [0.05, 0.1) is 12.8 Å². The topological polar surface area (TPSA) is 63.2 Å². The molecule has 1 atom stereocenters. The van der Waals surface area contributed by atoms with E-state index < -0.39 is 0 Å². The summed E-state index contributed by atoms with van der Waals surface area (Å²) in [6.07, 6.45) is 6.37. The Morgan fingerprint density at radius 2 is 2.12 bits per heavy atom. The van der Waals surface area contributed by atoms with Gasteiger partial charge in [0.15, 0.2) is 0 Å². The largest absolute Gasteiger partial charge is 0.492 e. The third-order valence-corrected chi connectivity index (χ3v) is 4.44. The molecule has 5 heteroatoms. The summed E-state index contributed by atoms with van der Waals surface area (Å²) in [7, 11) is 0. The van der Waals surface area contributed by atoms with Crippen molar-refractivity contribution in [1.82, 2.24) is 10.3 Å². The quantitative estimate of drug-likeness (QED) is 0.811. The van der Waals surface area contributed by atoms with Crippen molar-refractivity contribution >= 4 is 11.6 Å². The predicted octanol–water partition coefficient (Wildman–Crippen LogP) is 3.42. The van der Waals surface area contributed by atoms with Gasteiger partial charge < -0.3 is 15.4 Å². The van der Waals surface area contributed by atoms with E-state index in [0.717, 1.165) is 18.7 Å². The van der Waals surface area contributed by atoms with Crippen LogP contribution in [0, 0.1) is 0 Å². The maximum absolute atomic E-state index is 12.2. The number of anilines is 1. The van der Waals surface area contributed by atoms with E-state index >= 15 is 0 Å². The molecule has 2 heterocycles. The van der Waals surface area contributed by atoms with Crippen molar-refractivity contribution in [1.29, 1.82) is 0 Å². The highest BCUT2D eigenvalue weighted by Gasteiger charge is 2.13. The monoisotopic (exact) mass is 339 g/mol. The minimum atomic E-state index is -0.217.